The van der Waals surface area contributed by atoms with Crippen molar-refractivity contribution >= 4 is 40.0 Å². The van der Waals surface area contributed by atoms with E-state index < -0.39 is 28.9 Å². The Bertz CT molecular complexity index is 1490. The van der Waals surface area contributed by atoms with E-state index in [1.165, 1.54) is 11.9 Å². The highest BCUT2D eigenvalue weighted by Gasteiger charge is 2.45. The Morgan fingerprint density at radius 1 is 1.19 bits per heavy atom. The number of rotatable bonds is 9. The molecule has 2 atom stereocenters. The van der Waals surface area contributed by atoms with Gasteiger partial charge in [-0.2, -0.15) is 5.10 Å². The Kier molecular flexibility index (Phi) is 9.54. The van der Waals surface area contributed by atoms with Crippen molar-refractivity contribution < 1.29 is 22.6 Å². The zero-order chi connectivity index (χ0) is 30.7. The number of fused-ring (bicyclic) bond motifs is 1. The second-order valence-corrected chi connectivity index (χ2v) is 12.8. The van der Waals surface area contributed by atoms with Gasteiger partial charge in [0.25, 0.3) is 5.92 Å². The van der Waals surface area contributed by atoms with Gasteiger partial charge in [0.2, 0.25) is 0 Å². The zero-order valence-electron chi connectivity index (χ0n) is 24.5. The van der Waals surface area contributed by atoms with Gasteiger partial charge < -0.3 is 15.8 Å². The number of aldehydes is 1. The summed E-state index contributed by atoms with van der Waals surface area (Å²) in [5.74, 6) is -3.57. The summed E-state index contributed by atoms with van der Waals surface area (Å²) in [6.07, 6.45) is 2.76. The first-order valence-corrected chi connectivity index (χ1v) is 15.7. The molecule has 2 aromatic carbocycles. The standard InChI is InChI=1S/C30H39F2N7O3S/c1-34-29(41)39(12-4-16-40)28-25-8-7-22(18-27(25)36(2)35-28)26-11-13-37(20-30(26,31)32)19-21-5-3-6-24(17-21)43(42)38-14-9-23(33)10-15-38/h3,5-8,16-18,23,26H,4,9-15,19-20,33H2,1-2H3,(H,34,41). The van der Waals surface area contributed by atoms with Crippen molar-refractivity contribution in [2.45, 2.75) is 55.0 Å². The summed E-state index contributed by atoms with van der Waals surface area (Å²) in [6, 6.07) is 12.3. The molecule has 1 aromatic heterocycles. The normalized spacial score (nSPS) is 20.6. The molecule has 43 heavy (non-hydrogen) atoms. The lowest BCUT2D eigenvalue weighted by Crippen LogP contribution is -2.47. The van der Waals surface area contributed by atoms with Crippen LogP contribution in [0.5, 0.6) is 0 Å². The minimum atomic E-state index is -2.97. The lowest BCUT2D eigenvalue weighted by atomic mass is 9.85. The largest absolute Gasteiger partial charge is 0.341 e. The van der Waals surface area contributed by atoms with Crippen molar-refractivity contribution in [1.82, 2.24) is 24.3 Å². The van der Waals surface area contributed by atoms with E-state index in [1.54, 1.807) is 34.8 Å². The molecule has 2 aliphatic heterocycles. The molecule has 2 unspecified atom stereocenters. The third kappa shape index (κ3) is 6.79. The lowest BCUT2D eigenvalue weighted by Gasteiger charge is -2.38. The van der Waals surface area contributed by atoms with E-state index in [9.17, 15) is 13.8 Å². The molecule has 5 rings (SSSR count). The smallest absolute Gasteiger partial charge is 0.322 e. The van der Waals surface area contributed by atoms with Gasteiger partial charge in [0.05, 0.1) is 22.9 Å². The molecule has 232 valence electrons. The van der Waals surface area contributed by atoms with Crippen molar-refractivity contribution in [3.63, 3.8) is 0 Å². The van der Waals surface area contributed by atoms with Gasteiger partial charge in [-0.3, -0.25) is 14.5 Å². The van der Waals surface area contributed by atoms with Gasteiger partial charge in [0.15, 0.2) is 5.82 Å². The number of amides is 2. The van der Waals surface area contributed by atoms with Crippen molar-refractivity contribution in [3.8, 4) is 0 Å². The summed E-state index contributed by atoms with van der Waals surface area (Å²) >= 11 is 0. The molecule has 3 heterocycles. The summed E-state index contributed by atoms with van der Waals surface area (Å²) in [6.45, 7) is 1.95. The summed E-state index contributed by atoms with van der Waals surface area (Å²) < 4.78 is 48.0. The summed E-state index contributed by atoms with van der Waals surface area (Å²) in [5.41, 5.74) is 7.99. The molecular weight excluding hydrogens is 576 g/mol. The van der Waals surface area contributed by atoms with Crippen LogP contribution in [0.1, 0.15) is 42.7 Å². The number of hydrogen-bond donors (Lipinski definition) is 2. The Balaban J connectivity index is 1.29. The monoisotopic (exact) mass is 615 g/mol. The van der Waals surface area contributed by atoms with Gasteiger partial charge in [-0.15, -0.1) is 0 Å². The third-order valence-electron chi connectivity index (χ3n) is 8.36. The maximum atomic E-state index is 15.7. The van der Waals surface area contributed by atoms with E-state index in [4.69, 9.17) is 5.73 Å². The average molecular weight is 616 g/mol. The first kappa shape index (κ1) is 31.2. The number of carbonyl (C=O) groups excluding carboxylic acids is 2. The Hall–Kier alpha value is -3.26. The average Bonchev–Trinajstić information content (AvgIpc) is 3.32. The van der Waals surface area contributed by atoms with Gasteiger partial charge in [-0.1, -0.05) is 18.2 Å². The van der Waals surface area contributed by atoms with E-state index in [-0.39, 0.29) is 32.0 Å². The number of nitrogens with zero attached hydrogens (tertiary/aromatic N) is 5. The SMILES string of the molecule is CNC(=O)N(CCC=O)c1nn(C)c2cc(C3CCN(Cc4cccc(S(=O)N5CCC(N)CC5)c4)CC3(F)F)ccc12. The maximum absolute atomic E-state index is 15.7. The first-order chi connectivity index (χ1) is 20.6. The van der Waals surface area contributed by atoms with E-state index in [2.05, 4.69) is 10.4 Å². The van der Waals surface area contributed by atoms with E-state index in [0.29, 0.717) is 53.4 Å². The van der Waals surface area contributed by atoms with Crippen molar-refractivity contribution in [2.24, 2.45) is 12.8 Å². The number of benzene rings is 2. The number of urea groups is 1. The molecule has 13 heteroatoms. The lowest BCUT2D eigenvalue weighted by molar-refractivity contribution is -0.107. The third-order valence-corrected chi connectivity index (χ3v) is 9.85. The summed E-state index contributed by atoms with van der Waals surface area (Å²) in [4.78, 5) is 27.3. The van der Waals surface area contributed by atoms with Crippen LogP contribution in [0.3, 0.4) is 0 Å². The predicted octanol–water partition coefficient (Wildman–Crippen LogP) is 3.38. The molecule has 3 N–H and O–H groups in total. The summed E-state index contributed by atoms with van der Waals surface area (Å²) in [7, 11) is 1.90. The van der Waals surface area contributed by atoms with Crippen LogP contribution in [0.2, 0.25) is 0 Å². The van der Waals surface area contributed by atoms with E-state index in [1.807, 2.05) is 28.6 Å². The number of aromatic nitrogens is 2. The van der Waals surface area contributed by atoms with Crippen LogP contribution in [-0.2, 0) is 29.4 Å². The van der Waals surface area contributed by atoms with E-state index >= 15 is 8.78 Å². The molecule has 2 fully saturated rings. The minimum Gasteiger partial charge on any atom is -0.341 e. The number of anilines is 1. The number of halogens is 2. The van der Waals surface area contributed by atoms with Gasteiger partial charge in [-0.25, -0.2) is 22.1 Å². The number of alkyl halides is 2. The van der Waals surface area contributed by atoms with Gasteiger partial charge in [0, 0.05) is 58.1 Å². The van der Waals surface area contributed by atoms with Gasteiger partial charge in [0.1, 0.15) is 17.3 Å². The molecule has 2 saturated heterocycles. The molecule has 0 bridgehead atoms. The second-order valence-electron chi connectivity index (χ2n) is 11.4. The maximum Gasteiger partial charge on any atom is 0.322 e. The van der Waals surface area contributed by atoms with Crippen LogP contribution in [0.25, 0.3) is 10.9 Å². The Morgan fingerprint density at radius 3 is 2.65 bits per heavy atom. The highest BCUT2D eigenvalue weighted by atomic mass is 32.2. The number of nitrogens with two attached hydrogens (primary N) is 1. The van der Waals surface area contributed by atoms with Crippen LogP contribution >= 0.6 is 0 Å². The van der Waals surface area contributed by atoms with Crippen LogP contribution < -0.4 is 16.0 Å². The molecule has 0 saturated carbocycles. The molecule has 2 aliphatic rings. The van der Waals surface area contributed by atoms with Crippen LogP contribution in [-0.4, -0.2) is 87.2 Å². The van der Waals surface area contributed by atoms with Crippen molar-refractivity contribution in [3.05, 3.63) is 53.6 Å². The highest BCUT2D eigenvalue weighted by Crippen LogP contribution is 2.42. The molecular formula is C30H39F2N7O3S. The van der Waals surface area contributed by atoms with Crippen molar-refractivity contribution in [1.29, 1.82) is 0 Å². The topological polar surface area (TPSA) is 117 Å². The molecule has 3 aromatic rings. The van der Waals surface area contributed by atoms with Crippen molar-refractivity contribution in [2.75, 3.05) is 44.7 Å². The van der Waals surface area contributed by atoms with Crippen LogP contribution in [0, 0.1) is 0 Å². The van der Waals surface area contributed by atoms with E-state index in [0.717, 1.165) is 24.7 Å². The number of nitrogens with one attached hydrogen (secondary N) is 1. The minimum absolute atomic E-state index is 0.143. The van der Waals surface area contributed by atoms with Gasteiger partial charge in [-0.05, 0) is 61.2 Å². The number of aryl methyl sites for hydroxylation is 1. The highest BCUT2D eigenvalue weighted by molar-refractivity contribution is 7.82. The summed E-state index contributed by atoms with van der Waals surface area (Å²) in [5, 5.41) is 7.69. The molecule has 2 amide bonds. The Labute approximate surface area is 252 Å². The molecule has 10 nitrogen and oxygen atoms in total. The fourth-order valence-electron chi connectivity index (χ4n) is 6.05. The van der Waals surface area contributed by atoms with Crippen LogP contribution in [0.15, 0.2) is 47.4 Å². The van der Waals surface area contributed by atoms with Gasteiger partial charge >= 0.3 is 6.03 Å². The fourth-order valence-corrected chi connectivity index (χ4v) is 7.34. The predicted molar refractivity (Wildman–Crippen MR) is 162 cm³/mol. The quantitative estimate of drug-likeness (QED) is 0.357. The Morgan fingerprint density at radius 2 is 1.95 bits per heavy atom. The van der Waals surface area contributed by atoms with Crippen LogP contribution in [0.4, 0.5) is 19.4 Å². The first-order valence-electron chi connectivity index (χ1n) is 14.6. The molecule has 0 aliphatic carbocycles. The number of piperidine rings is 2. The molecule has 0 spiro atoms. The number of hydrogen-bond acceptors (Lipinski definition) is 6. The number of likely N-dealkylation sites (tertiary alicyclic amines) is 1. The number of carbonyl (C=O) groups is 2. The molecule has 0 radical (unpaired) electrons. The zero-order valence-corrected chi connectivity index (χ0v) is 25.4. The fraction of sp³-hybridized carbons (Fsp3) is 0.500. The second kappa shape index (κ2) is 13.2.